The van der Waals surface area contributed by atoms with Crippen molar-refractivity contribution < 1.29 is 22.7 Å². The third kappa shape index (κ3) is 7.62. The van der Waals surface area contributed by atoms with Gasteiger partial charge in [-0.2, -0.15) is 0 Å². The maximum absolute atomic E-state index is 12.1. The van der Waals surface area contributed by atoms with Crippen LogP contribution in [0.4, 0.5) is 13.2 Å². The zero-order valence-electron chi connectivity index (χ0n) is 14.3. The van der Waals surface area contributed by atoms with Crippen LogP contribution in [0, 0.1) is 0 Å². The first-order valence-electron chi connectivity index (χ1n) is 8.50. The van der Waals surface area contributed by atoms with Gasteiger partial charge in [-0.25, -0.2) is 4.99 Å². The van der Waals surface area contributed by atoms with E-state index in [4.69, 9.17) is 5.73 Å². The van der Waals surface area contributed by atoms with E-state index in [1.54, 1.807) is 0 Å². The standard InChI is InChI=1S/C17H23F3N4O2/c18-17(19,20)26-14-7-5-12(6-8-14)11-23-16(21)22-10-9-15(25)24-13-3-1-2-4-13/h5-8,13H,1-4,9-11H2,(H,24,25)(H3,21,22,23). The minimum absolute atomic E-state index is 0.0162. The summed E-state index contributed by atoms with van der Waals surface area (Å²) >= 11 is 0. The molecule has 144 valence electrons. The molecule has 0 heterocycles. The van der Waals surface area contributed by atoms with E-state index >= 15 is 0 Å². The van der Waals surface area contributed by atoms with E-state index in [1.165, 1.54) is 24.3 Å². The number of nitrogens with two attached hydrogens (primary N) is 1. The van der Waals surface area contributed by atoms with Crippen LogP contribution < -0.4 is 21.1 Å². The lowest BCUT2D eigenvalue weighted by molar-refractivity contribution is -0.274. The minimum Gasteiger partial charge on any atom is -0.406 e. The van der Waals surface area contributed by atoms with Gasteiger partial charge in [-0.05, 0) is 30.5 Å². The molecular weight excluding hydrogens is 349 g/mol. The van der Waals surface area contributed by atoms with Crippen molar-refractivity contribution in [3.05, 3.63) is 29.8 Å². The molecule has 0 saturated heterocycles. The summed E-state index contributed by atoms with van der Waals surface area (Å²) in [7, 11) is 0. The van der Waals surface area contributed by atoms with Crippen molar-refractivity contribution in [3.8, 4) is 5.75 Å². The van der Waals surface area contributed by atoms with Gasteiger partial charge >= 0.3 is 6.36 Å². The van der Waals surface area contributed by atoms with Crippen molar-refractivity contribution in [3.63, 3.8) is 0 Å². The van der Waals surface area contributed by atoms with Gasteiger partial charge in [-0.3, -0.25) is 4.79 Å². The van der Waals surface area contributed by atoms with Crippen LogP contribution in [0.25, 0.3) is 0 Å². The Balaban J connectivity index is 1.68. The van der Waals surface area contributed by atoms with Crippen molar-refractivity contribution in [2.45, 2.75) is 51.1 Å². The van der Waals surface area contributed by atoms with Gasteiger partial charge in [-0.1, -0.05) is 25.0 Å². The molecule has 0 atom stereocenters. The van der Waals surface area contributed by atoms with E-state index in [0.717, 1.165) is 25.7 Å². The van der Waals surface area contributed by atoms with Gasteiger partial charge in [0, 0.05) is 19.0 Å². The largest absolute Gasteiger partial charge is 0.573 e. The van der Waals surface area contributed by atoms with Crippen LogP contribution in [0.15, 0.2) is 29.3 Å². The van der Waals surface area contributed by atoms with E-state index in [9.17, 15) is 18.0 Å². The molecule has 1 aliphatic rings. The predicted octanol–water partition coefficient (Wildman–Crippen LogP) is 2.44. The van der Waals surface area contributed by atoms with Crippen molar-refractivity contribution in [1.82, 2.24) is 10.6 Å². The SMILES string of the molecule is NC(=NCc1ccc(OC(F)(F)F)cc1)NCCC(=O)NC1CCCC1. The molecule has 1 fully saturated rings. The Morgan fingerprint density at radius 3 is 2.50 bits per heavy atom. The van der Waals surface area contributed by atoms with E-state index < -0.39 is 6.36 Å². The van der Waals surface area contributed by atoms with Gasteiger partial charge < -0.3 is 21.1 Å². The molecule has 4 N–H and O–H groups in total. The molecule has 1 aromatic rings. The molecule has 9 heteroatoms. The molecule has 0 aliphatic heterocycles. The number of rotatable bonds is 7. The molecule has 1 amide bonds. The fourth-order valence-electron chi connectivity index (χ4n) is 2.70. The first-order valence-corrected chi connectivity index (χ1v) is 8.50. The third-order valence-corrected chi connectivity index (χ3v) is 3.97. The molecule has 1 saturated carbocycles. The number of halogens is 3. The summed E-state index contributed by atoms with van der Waals surface area (Å²) in [6, 6.07) is 5.68. The number of ether oxygens (including phenoxy) is 1. The summed E-state index contributed by atoms with van der Waals surface area (Å²) < 4.78 is 40.1. The van der Waals surface area contributed by atoms with Gasteiger partial charge in [-0.15, -0.1) is 13.2 Å². The molecule has 2 rings (SSSR count). The van der Waals surface area contributed by atoms with Crippen molar-refractivity contribution >= 4 is 11.9 Å². The molecule has 1 aromatic carbocycles. The second-order valence-corrected chi connectivity index (χ2v) is 6.12. The van der Waals surface area contributed by atoms with E-state index in [0.29, 0.717) is 18.5 Å². The summed E-state index contributed by atoms with van der Waals surface area (Å²) in [5, 5.41) is 5.82. The summed E-state index contributed by atoms with van der Waals surface area (Å²) in [6.45, 7) is 0.575. The van der Waals surface area contributed by atoms with E-state index in [-0.39, 0.29) is 30.2 Å². The molecular formula is C17H23F3N4O2. The second-order valence-electron chi connectivity index (χ2n) is 6.12. The smallest absolute Gasteiger partial charge is 0.406 e. The number of hydrogen-bond acceptors (Lipinski definition) is 3. The van der Waals surface area contributed by atoms with Crippen molar-refractivity contribution in [2.24, 2.45) is 10.7 Å². The van der Waals surface area contributed by atoms with Gasteiger partial charge in [0.1, 0.15) is 5.75 Å². The van der Waals surface area contributed by atoms with Crippen LogP contribution in [0.3, 0.4) is 0 Å². The summed E-state index contributed by atoms with van der Waals surface area (Å²) in [6.07, 6.45) is -0.0162. The maximum Gasteiger partial charge on any atom is 0.573 e. The quantitative estimate of drug-likeness (QED) is 0.507. The van der Waals surface area contributed by atoms with Gasteiger partial charge in [0.25, 0.3) is 0 Å². The highest BCUT2D eigenvalue weighted by Gasteiger charge is 2.30. The van der Waals surface area contributed by atoms with E-state index in [1.807, 2.05) is 0 Å². The Bertz CT molecular complexity index is 611. The van der Waals surface area contributed by atoms with Crippen molar-refractivity contribution in [2.75, 3.05) is 6.54 Å². The Labute approximate surface area is 150 Å². The summed E-state index contributed by atoms with van der Waals surface area (Å²) in [4.78, 5) is 15.9. The highest BCUT2D eigenvalue weighted by molar-refractivity contribution is 5.80. The number of amides is 1. The molecule has 0 aromatic heterocycles. The zero-order chi connectivity index (χ0) is 19.0. The Morgan fingerprint density at radius 2 is 1.88 bits per heavy atom. The normalized spacial score (nSPS) is 15.7. The monoisotopic (exact) mass is 372 g/mol. The zero-order valence-corrected chi connectivity index (χ0v) is 14.3. The number of alkyl halides is 3. The van der Waals surface area contributed by atoms with Crippen LogP contribution in [0.2, 0.25) is 0 Å². The number of hydrogen-bond donors (Lipinski definition) is 3. The average Bonchev–Trinajstić information content (AvgIpc) is 3.05. The number of guanidine groups is 1. The number of nitrogens with zero attached hydrogens (tertiary/aromatic N) is 1. The molecule has 0 bridgehead atoms. The van der Waals surface area contributed by atoms with Gasteiger partial charge in [0.05, 0.1) is 6.54 Å². The highest BCUT2D eigenvalue weighted by Crippen LogP contribution is 2.22. The molecule has 26 heavy (non-hydrogen) atoms. The van der Waals surface area contributed by atoms with Crippen molar-refractivity contribution in [1.29, 1.82) is 0 Å². The number of nitrogens with one attached hydrogen (secondary N) is 2. The minimum atomic E-state index is -4.71. The summed E-state index contributed by atoms with van der Waals surface area (Å²) in [5.74, 6) is -0.128. The molecule has 0 unspecified atom stereocenters. The summed E-state index contributed by atoms with van der Waals surface area (Å²) in [5.41, 5.74) is 6.40. The lowest BCUT2D eigenvalue weighted by atomic mass is 10.2. The highest BCUT2D eigenvalue weighted by atomic mass is 19.4. The van der Waals surface area contributed by atoms with Crippen LogP contribution in [0.1, 0.15) is 37.7 Å². The van der Waals surface area contributed by atoms with Gasteiger partial charge in [0.2, 0.25) is 5.91 Å². The first-order chi connectivity index (χ1) is 12.3. The second kappa shape index (κ2) is 9.30. The Morgan fingerprint density at radius 1 is 1.23 bits per heavy atom. The molecule has 0 radical (unpaired) electrons. The number of benzene rings is 1. The number of carbonyl (C=O) groups is 1. The number of aliphatic imine (C=N–C) groups is 1. The lowest BCUT2D eigenvalue weighted by Gasteiger charge is -2.12. The van der Waals surface area contributed by atoms with Crippen LogP contribution in [-0.2, 0) is 11.3 Å². The number of carbonyl (C=O) groups excluding carboxylic acids is 1. The molecule has 6 nitrogen and oxygen atoms in total. The fraction of sp³-hybridized carbons (Fsp3) is 0.529. The lowest BCUT2D eigenvalue weighted by Crippen LogP contribution is -2.37. The van der Waals surface area contributed by atoms with Crippen LogP contribution >= 0.6 is 0 Å². The van der Waals surface area contributed by atoms with Gasteiger partial charge in [0.15, 0.2) is 5.96 Å². The van der Waals surface area contributed by atoms with E-state index in [2.05, 4.69) is 20.4 Å². The van der Waals surface area contributed by atoms with Crippen LogP contribution in [-0.4, -0.2) is 30.8 Å². The Kier molecular flexibility index (Phi) is 7.11. The molecule has 0 spiro atoms. The first kappa shape index (κ1) is 19.9. The third-order valence-electron chi connectivity index (χ3n) is 3.97. The topological polar surface area (TPSA) is 88.7 Å². The Hall–Kier alpha value is -2.45. The van der Waals surface area contributed by atoms with Crippen LogP contribution in [0.5, 0.6) is 5.75 Å². The molecule has 1 aliphatic carbocycles. The predicted molar refractivity (Wildman–Crippen MR) is 91.5 cm³/mol. The fourth-order valence-corrected chi connectivity index (χ4v) is 2.70. The maximum atomic E-state index is 12.1. The average molecular weight is 372 g/mol.